The minimum Gasteiger partial charge on any atom is -0.298 e. The molecule has 11 heteroatoms. The van der Waals surface area contributed by atoms with E-state index in [1.807, 2.05) is 0 Å². The Morgan fingerprint density at radius 2 is 1.68 bits per heavy atom. The van der Waals surface area contributed by atoms with Crippen LogP contribution in [0.1, 0.15) is 24.4 Å². The molecule has 1 atom stereocenters. The van der Waals surface area contributed by atoms with E-state index < -0.39 is 64.8 Å². The fourth-order valence-electron chi connectivity index (χ4n) is 2.87. The molecule has 1 aliphatic carbocycles. The van der Waals surface area contributed by atoms with Gasteiger partial charge < -0.3 is 0 Å². The third-order valence-corrected chi connectivity index (χ3v) is 4.55. The maximum Gasteiger partial charge on any atom is 0.446 e. The fourth-order valence-corrected chi connectivity index (χ4v) is 3.04. The molecule has 1 aromatic heterocycles. The zero-order valence-corrected chi connectivity index (χ0v) is 12.9. The summed E-state index contributed by atoms with van der Waals surface area (Å²) in [7, 11) is 0. The van der Waals surface area contributed by atoms with E-state index in [0.29, 0.717) is 4.91 Å². The van der Waals surface area contributed by atoms with Gasteiger partial charge in [0.1, 0.15) is 22.7 Å². The highest BCUT2D eigenvalue weighted by Crippen LogP contribution is 2.51. The summed E-state index contributed by atoms with van der Waals surface area (Å²) in [4.78, 5) is 22.7. The molecule has 1 heterocycles. The average molecular weight is 386 g/mol. The third kappa shape index (κ3) is 3.10. The van der Waals surface area contributed by atoms with Gasteiger partial charge in [-0.2, -0.15) is 13.2 Å². The maximum atomic E-state index is 14.3. The van der Waals surface area contributed by atoms with E-state index >= 15 is 0 Å². The van der Waals surface area contributed by atoms with Gasteiger partial charge in [-0.3, -0.25) is 9.05 Å². The lowest BCUT2D eigenvalue weighted by Crippen LogP contribution is -2.40. The van der Waals surface area contributed by atoms with Crippen molar-refractivity contribution in [3.63, 3.8) is 0 Å². The first kappa shape index (κ1) is 17.7. The zero-order chi connectivity index (χ0) is 18.5. The molecule has 1 aromatic carbocycles. The number of halogens is 6. The van der Waals surface area contributed by atoms with Gasteiger partial charge in [-0.1, -0.05) is 22.6 Å². The van der Waals surface area contributed by atoms with E-state index in [-0.39, 0.29) is 5.56 Å². The first-order valence-electron chi connectivity index (χ1n) is 7.03. The van der Waals surface area contributed by atoms with Crippen LogP contribution in [0.25, 0.3) is 0 Å². The second-order valence-electron chi connectivity index (χ2n) is 5.72. The lowest BCUT2D eigenvalue weighted by molar-refractivity contribution is -0.210. The molecular formula is C14H9ClF5NO4. The van der Waals surface area contributed by atoms with Crippen molar-refractivity contribution in [1.29, 1.82) is 0 Å². The molecule has 3 rings (SSSR count). The molecule has 0 saturated heterocycles. The standard InChI is InChI=1S/C14H9ClF5NO4/c15-9-8(16)2-1-7(10(9)17)11(21-24-12(22)13(23)25-21)5-3-6(4-5)14(18,19)20/h1-2,5-6,11H,3-4H2/t5?,6?,11-/m0/s1. The average Bonchev–Trinajstić information content (AvgIpc) is 2.79. The Labute approximate surface area is 140 Å². The van der Waals surface area contributed by atoms with Crippen molar-refractivity contribution >= 4 is 11.6 Å². The van der Waals surface area contributed by atoms with Crippen LogP contribution in [0.4, 0.5) is 22.0 Å². The highest BCUT2D eigenvalue weighted by Gasteiger charge is 2.51. The monoisotopic (exact) mass is 385 g/mol. The van der Waals surface area contributed by atoms with Crippen molar-refractivity contribution in [2.75, 3.05) is 0 Å². The molecule has 0 unspecified atom stereocenters. The van der Waals surface area contributed by atoms with E-state index in [1.165, 1.54) is 0 Å². The Kier molecular flexibility index (Phi) is 4.26. The minimum atomic E-state index is -4.43. The van der Waals surface area contributed by atoms with E-state index in [9.17, 15) is 31.5 Å². The van der Waals surface area contributed by atoms with Crippen LogP contribution in [-0.4, -0.2) is 11.1 Å². The largest absolute Gasteiger partial charge is 0.446 e. The Bertz CT molecular complexity index is 882. The van der Waals surface area contributed by atoms with Crippen LogP contribution >= 0.6 is 11.6 Å². The van der Waals surface area contributed by atoms with Gasteiger partial charge in [-0.25, -0.2) is 18.4 Å². The minimum absolute atomic E-state index is 0.342. The summed E-state index contributed by atoms with van der Waals surface area (Å²) < 4.78 is 74.8. The molecule has 0 radical (unpaired) electrons. The molecule has 5 nitrogen and oxygen atoms in total. The van der Waals surface area contributed by atoms with Crippen molar-refractivity contribution in [3.05, 3.63) is 55.2 Å². The number of rotatable bonds is 3. The second kappa shape index (κ2) is 6.01. The molecule has 1 aliphatic rings. The van der Waals surface area contributed by atoms with Crippen molar-refractivity contribution in [2.45, 2.75) is 25.1 Å². The Morgan fingerprint density at radius 3 is 2.20 bits per heavy atom. The summed E-state index contributed by atoms with van der Waals surface area (Å²) in [5.74, 6) is -4.78. The van der Waals surface area contributed by atoms with E-state index in [1.54, 1.807) is 0 Å². The van der Waals surface area contributed by atoms with Crippen LogP contribution in [0.15, 0.2) is 30.8 Å². The van der Waals surface area contributed by atoms with Crippen LogP contribution < -0.4 is 11.3 Å². The Morgan fingerprint density at radius 1 is 1.12 bits per heavy atom. The molecule has 0 N–H and O–H groups in total. The molecule has 136 valence electrons. The fraction of sp³-hybridized carbons (Fsp3) is 0.429. The summed E-state index contributed by atoms with van der Waals surface area (Å²) in [6, 6.07) is 0.377. The van der Waals surface area contributed by atoms with Gasteiger partial charge in [0, 0.05) is 5.56 Å². The Hall–Kier alpha value is -2.10. The Balaban J connectivity index is 2.04. The second-order valence-corrected chi connectivity index (χ2v) is 6.10. The van der Waals surface area contributed by atoms with E-state index in [0.717, 1.165) is 12.1 Å². The van der Waals surface area contributed by atoms with Crippen LogP contribution in [-0.2, 0) is 0 Å². The summed E-state index contributed by atoms with van der Waals surface area (Å²) in [6.07, 6.45) is -5.25. The SMILES string of the molecule is O=c1on([C@H](c2ccc(F)c(Cl)c2F)C2CC(C(F)(F)F)C2)oc1=O. The number of benzene rings is 1. The van der Waals surface area contributed by atoms with Crippen molar-refractivity contribution in [3.8, 4) is 0 Å². The normalized spacial score (nSPS) is 21.8. The molecule has 0 bridgehead atoms. The summed E-state index contributed by atoms with van der Waals surface area (Å²) >= 11 is 5.49. The quantitative estimate of drug-likeness (QED) is 0.461. The summed E-state index contributed by atoms with van der Waals surface area (Å²) in [5.41, 5.74) is -3.14. The predicted octanol–water partition coefficient (Wildman–Crippen LogP) is 3.50. The zero-order valence-electron chi connectivity index (χ0n) is 12.1. The number of aromatic nitrogens is 1. The van der Waals surface area contributed by atoms with Gasteiger partial charge in [0.25, 0.3) is 0 Å². The predicted molar refractivity (Wildman–Crippen MR) is 73.3 cm³/mol. The van der Waals surface area contributed by atoms with Gasteiger partial charge in [-0.05, 0) is 24.8 Å². The lowest BCUT2D eigenvalue weighted by atomic mass is 9.69. The van der Waals surface area contributed by atoms with Gasteiger partial charge in [0.2, 0.25) is 0 Å². The molecule has 2 aromatic rings. The van der Waals surface area contributed by atoms with Gasteiger partial charge >= 0.3 is 17.4 Å². The smallest absolute Gasteiger partial charge is 0.298 e. The third-order valence-electron chi connectivity index (χ3n) is 4.21. The molecule has 1 saturated carbocycles. The molecule has 0 spiro atoms. The van der Waals surface area contributed by atoms with Crippen LogP contribution in [0.2, 0.25) is 5.02 Å². The van der Waals surface area contributed by atoms with Crippen molar-refractivity contribution in [2.24, 2.45) is 11.8 Å². The number of nitrogens with zero attached hydrogens (tertiary/aromatic N) is 1. The molecular weight excluding hydrogens is 377 g/mol. The summed E-state index contributed by atoms with van der Waals surface area (Å²) in [5, 5.41) is -0.869. The van der Waals surface area contributed by atoms with E-state index in [4.69, 9.17) is 11.6 Å². The van der Waals surface area contributed by atoms with Crippen molar-refractivity contribution in [1.82, 2.24) is 4.91 Å². The van der Waals surface area contributed by atoms with Crippen molar-refractivity contribution < 1.29 is 31.0 Å². The van der Waals surface area contributed by atoms with E-state index in [2.05, 4.69) is 9.05 Å². The lowest BCUT2D eigenvalue weighted by Gasteiger charge is -2.40. The van der Waals surface area contributed by atoms with Gasteiger partial charge in [-0.15, -0.1) is 0 Å². The maximum absolute atomic E-state index is 14.3. The van der Waals surface area contributed by atoms with Crippen LogP contribution in [0.5, 0.6) is 0 Å². The topological polar surface area (TPSA) is 65.3 Å². The first-order chi connectivity index (χ1) is 11.6. The molecule has 25 heavy (non-hydrogen) atoms. The first-order valence-corrected chi connectivity index (χ1v) is 7.41. The highest BCUT2D eigenvalue weighted by atomic mass is 35.5. The molecule has 1 fully saturated rings. The van der Waals surface area contributed by atoms with Crippen LogP contribution in [0.3, 0.4) is 0 Å². The summed E-state index contributed by atoms with van der Waals surface area (Å²) in [6.45, 7) is 0. The number of hydrogen-bond donors (Lipinski definition) is 0. The van der Waals surface area contributed by atoms with Gasteiger partial charge in [0.15, 0.2) is 0 Å². The highest BCUT2D eigenvalue weighted by molar-refractivity contribution is 6.30. The van der Waals surface area contributed by atoms with Crippen LogP contribution in [0, 0.1) is 23.5 Å². The number of hydrogen-bond acceptors (Lipinski definition) is 4. The van der Waals surface area contributed by atoms with Gasteiger partial charge in [0.05, 0.1) is 5.92 Å². The molecule has 0 amide bonds. The number of alkyl halides is 3. The molecule has 0 aliphatic heterocycles.